The molecule has 0 aromatic heterocycles. The zero-order chi connectivity index (χ0) is 22.7. The molecular formula is C24H27FN4O3. The summed E-state index contributed by atoms with van der Waals surface area (Å²) in [6, 6.07) is 14.5. The lowest BCUT2D eigenvalue weighted by Gasteiger charge is -2.35. The fourth-order valence-corrected chi connectivity index (χ4v) is 4.27. The van der Waals surface area contributed by atoms with Gasteiger partial charge < -0.3 is 10.2 Å². The van der Waals surface area contributed by atoms with Gasteiger partial charge in [-0.1, -0.05) is 30.3 Å². The van der Waals surface area contributed by atoms with Crippen molar-refractivity contribution in [3.63, 3.8) is 0 Å². The number of nitrogens with zero attached hydrogens (tertiary/aromatic N) is 3. The van der Waals surface area contributed by atoms with Crippen LogP contribution in [0.4, 0.5) is 9.18 Å². The van der Waals surface area contributed by atoms with E-state index in [1.807, 2.05) is 30.3 Å². The molecule has 4 amide bonds. The van der Waals surface area contributed by atoms with Gasteiger partial charge in [-0.15, -0.1) is 0 Å². The van der Waals surface area contributed by atoms with Crippen LogP contribution in [0.25, 0.3) is 0 Å². The van der Waals surface area contributed by atoms with Crippen LogP contribution in [0.15, 0.2) is 54.6 Å². The molecule has 2 aromatic carbocycles. The molecule has 0 radical (unpaired) electrons. The van der Waals surface area contributed by atoms with Gasteiger partial charge in [0.05, 0.1) is 0 Å². The van der Waals surface area contributed by atoms with Crippen molar-refractivity contribution in [2.24, 2.45) is 0 Å². The number of rotatable bonds is 6. The van der Waals surface area contributed by atoms with Crippen LogP contribution in [-0.2, 0) is 10.3 Å². The van der Waals surface area contributed by atoms with Crippen LogP contribution in [0, 0.1) is 5.82 Å². The standard InChI is InChI=1S/C24H27FN4O3/c1-24(19-6-3-2-4-7-19)22(31)29(23(32)26-24)13-5-12-27-14-16-28(17-15-27)21(30)18-8-10-20(25)11-9-18/h2-4,6-11H,5,12-17H2,1H3,(H,26,32). The van der Waals surface area contributed by atoms with E-state index in [1.165, 1.54) is 29.2 Å². The molecule has 2 aliphatic heterocycles. The van der Waals surface area contributed by atoms with Crippen LogP contribution in [0.2, 0.25) is 0 Å². The Bertz CT molecular complexity index is 990. The molecule has 2 saturated heterocycles. The Labute approximate surface area is 186 Å². The van der Waals surface area contributed by atoms with Gasteiger partial charge in [0.25, 0.3) is 11.8 Å². The SMILES string of the molecule is CC1(c2ccccc2)NC(=O)N(CCCN2CCN(C(=O)c3ccc(F)cc3)CC2)C1=O. The maximum absolute atomic E-state index is 13.1. The lowest BCUT2D eigenvalue weighted by molar-refractivity contribution is -0.131. The van der Waals surface area contributed by atoms with Crippen molar-refractivity contribution in [1.82, 2.24) is 20.0 Å². The van der Waals surface area contributed by atoms with E-state index in [1.54, 1.807) is 11.8 Å². The Hall–Kier alpha value is -3.26. The summed E-state index contributed by atoms with van der Waals surface area (Å²) in [7, 11) is 0. The zero-order valence-electron chi connectivity index (χ0n) is 18.1. The van der Waals surface area contributed by atoms with Crippen LogP contribution in [0.5, 0.6) is 0 Å². The molecule has 0 spiro atoms. The topological polar surface area (TPSA) is 73.0 Å². The summed E-state index contributed by atoms with van der Waals surface area (Å²) in [6.45, 7) is 5.43. The second-order valence-electron chi connectivity index (χ2n) is 8.37. The third-order valence-corrected chi connectivity index (χ3v) is 6.23. The number of urea groups is 1. The summed E-state index contributed by atoms with van der Waals surface area (Å²) in [5, 5.41) is 2.83. The summed E-state index contributed by atoms with van der Waals surface area (Å²) >= 11 is 0. The normalized spacial score (nSPS) is 21.7. The van der Waals surface area contributed by atoms with E-state index < -0.39 is 5.54 Å². The number of hydrogen-bond acceptors (Lipinski definition) is 4. The molecule has 2 heterocycles. The van der Waals surface area contributed by atoms with Gasteiger partial charge >= 0.3 is 6.03 Å². The number of halogens is 1. The Morgan fingerprint density at radius 3 is 2.28 bits per heavy atom. The first-order valence-corrected chi connectivity index (χ1v) is 10.9. The minimum Gasteiger partial charge on any atom is -0.336 e. The van der Waals surface area contributed by atoms with Crippen molar-refractivity contribution < 1.29 is 18.8 Å². The van der Waals surface area contributed by atoms with Crippen molar-refractivity contribution in [3.05, 3.63) is 71.5 Å². The molecule has 2 aliphatic rings. The third kappa shape index (κ3) is 4.36. The Morgan fingerprint density at radius 2 is 1.62 bits per heavy atom. The molecule has 8 heteroatoms. The van der Waals surface area contributed by atoms with Crippen LogP contribution in [0.3, 0.4) is 0 Å². The molecule has 1 N–H and O–H groups in total. The van der Waals surface area contributed by atoms with Crippen LogP contribution in [-0.4, -0.2) is 71.8 Å². The second kappa shape index (κ2) is 9.08. The lowest BCUT2D eigenvalue weighted by Crippen LogP contribution is -2.49. The number of hydrogen-bond donors (Lipinski definition) is 1. The van der Waals surface area contributed by atoms with E-state index >= 15 is 0 Å². The molecule has 2 aromatic rings. The van der Waals surface area contributed by atoms with Crippen molar-refractivity contribution in [3.8, 4) is 0 Å². The Balaban J connectivity index is 1.25. The van der Waals surface area contributed by atoms with E-state index in [4.69, 9.17) is 0 Å². The molecular weight excluding hydrogens is 411 g/mol. The number of carbonyl (C=O) groups is 3. The fraction of sp³-hybridized carbons (Fsp3) is 0.375. The maximum Gasteiger partial charge on any atom is 0.325 e. The Morgan fingerprint density at radius 1 is 0.969 bits per heavy atom. The fourth-order valence-electron chi connectivity index (χ4n) is 4.27. The highest BCUT2D eigenvalue weighted by molar-refractivity contribution is 6.07. The number of carbonyl (C=O) groups excluding carboxylic acids is 3. The zero-order valence-corrected chi connectivity index (χ0v) is 18.1. The average Bonchev–Trinajstić information content (AvgIpc) is 3.04. The average molecular weight is 439 g/mol. The minimum absolute atomic E-state index is 0.0933. The number of amides is 4. The second-order valence-corrected chi connectivity index (χ2v) is 8.37. The van der Waals surface area contributed by atoms with E-state index in [0.29, 0.717) is 31.6 Å². The van der Waals surface area contributed by atoms with E-state index in [0.717, 1.165) is 25.2 Å². The van der Waals surface area contributed by atoms with Crippen molar-refractivity contribution in [1.29, 1.82) is 0 Å². The maximum atomic E-state index is 13.1. The smallest absolute Gasteiger partial charge is 0.325 e. The summed E-state index contributed by atoms with van der Waals surface area (Å²) in [5.74, 6) is -0.687. The number of piperazine rings is 1. The number of imide groups is 1. The summed E-state index contributed by atoms with van der Waals surface area (Å²) in [4.78, 5) is 43.2. The first-order chi connectivity index (χ1) is 15.4. The highest BCUT2D eigenvalue weighted by Gasteiger charge is 2.48. The van der Waals surface area contributed by atoms with Crippen LogP contribution >= 0.6 is 0 Å². The summed E-state index contributed by atoms with van der Waals surface area (Å²) in [5.41, 5.74) is 0.215. The minimum atomic E-state index is -1.04. The highest BCUT2D eigenvalue weighted by Crippen LogP contribution is 2.28. The van der Waals surface area contributed by atoms with E-state index in [9.17, 15) is 18.8 Å². The molecule has 2 fully saturated rings. The van der Waals surface area contributed by atoms with Crippen LogP contribution in [0.1, 0.15) is 29.3 Å². The van der Waals surface area contributed by atoms with Gasteiger partial charge in [0.2, 0.25) is 0 Å². The van der Waals surface area contributed by atoms with Gasteiger partial charge in [-0.3, -0.25) is 19.4 Å². The van der Waals surface area contributed by atoms with E-state index in [-0.39, 0.29) is 23.7 Å². The predicted molar refractivity (Wildman–Crippen MR) is 117 cm³/mol. The van der Waals surface area contributed by atoms with Crippen molar-refractivity contribution in [2.45, 2.75) is 18.9 Å². The molecule has 4 rings (SSSR count). The molecule has 0 saturated carbocycles. The quantitative estimate of drug-likeness (QED) is 0.704. The van der Waals surface area contributed by atoms with Crippen molar-refractivity contribution in [2.75, 3.05) is 39.3 Å². The first kappa shape index (κ1) is 22.0. The van der Waals surface area contributed by atoms with Crippen molar-refractivity contribution >= 4 is 17.8 Å². The van der Waals surface area contributed by atoms with Gasteiger partial charge in [0, 0.05) is 38.3 Å². The molecule has 168 valence electrons. The largest absolute Gasteiger partial charge is 0.336 e. The van der Waals surface area contributed by atoms with Gasteiger partial charge in [-0.2, -0.15) is 0 Å². The first-order valence-electron chi connectivity index (χ1n) is 10.9. The third-order valence-electron chi connectivity index (χ3n) is 6.23. The lowest BCUT2D eigenvalue weighted by atomic mass is 9.92. The monoisotopic (exact) mass is 438 g/mol. The molecule has 0 bridgehead atoms. The highest BCUT2D eigenvalue weighted by atomic mass is 19.1. The van der Waals surface area contributed by atoms with Crippen LogP contribution < -0.4 is 5.32 Å². The molecule has 1 atom stereocenters. The van der Waals surface area contributed by atoms with E-state index in [2.05, 4.69) is 10.2 Å². The number of nitrogens with one attached hydrogen (secondary N) is 1. The van der Waals surface area contributed by atoms with Gasteiger partial charge in [-0.25, -0.2) is 9.18 Å². The summed E-state index contributed by atoms with van der Waals surface area (Å²) in [6.07, 6.45) is 0.663. The summed E-state index contributed by atoms with van der Waals surface area (Å²) < 4.78 is 13.1. The van der Waals surface area contributed by atoms with Gasteiger partial charge in [-0.05, 0) is 49.7 Å². The molecule has 7 nitrogen and oxygen atoms in total. The molecule has 1 unspecified atom stereocenters. The van der Waals surface area contributed by atoms with Gasteiger partial charge in [0.15, 0.2) is 0 Å². The van der Waals surface area contributed by atoms with Gasteiger partial charge in [0.1, 0.15) is 11.4 Å². The molecule has 0 aliphatic carbocycles. The molecule has 32 heavy (non-hydrogen) atoms. The predicted octanol–water partition coefficient (Wildman–Crippen LogP) is 2.44. The number of benzene rings is 2. The Kier molecular flexibility index (Phi) is 6.23.